The number of urea groups is 1. The number of carbonyl (C=O) groups excluding carboxylic acids is 1. The molecule has 0 aromatic carbocycles. The molecular weight excluding hydrogens is 276 g/mol. The third-order valence-electron chi connectivity index (χ3n) is 3.61. The van der Waals surface area contributed by atoms with Gasteiger partial charge < -0.3 is 15.3 Å². The number of piperidine rings is 1. The van der Waals surface area contributed by atoms with E-state index in [0.717, 1.165) is 19.3 Å². The Balaban J connectivity index is 2.11. The largest absolute Gasteiger partial charge is 0.481 e. The summed E-state index contributed by atoms with van der Waals surface area (Å²) in [7, 11) is 0. The summed E-state index contributed by atoms with van der Waals surface area (Å²) in [5, 5.41) is 11.9. The fourth-order valence-corrected chi connectivity index (χ4v) is 2.89. The van der Waals surface area contributed by atoms with E-state index in [2.05, 4.69) is 11.6 Å². The normalized spacial score (nSPS) is 18.9. The topological polar surface area (TPSA) is 69.6 Å². The summed E-state index contributed by atoms with van der Waals surface area (Å²) in [6.07, 6.45) is 8.15. The van der Waals surface area contributed by atoms with E-state index >= 15 is 0 Å². The third-order valence-corrected chi connectivity index (χ3v) is 4.31. The average molecular weight is 302 g/mol. The van der Waals surface area contributed by atoms with Crippen molar-refractivity contribution in [2.75, 3.05) is 31.6 Å². The number of nitrogens with one attached hydrogen (secondary N) is 1. The first kappa shape index (κ1) is 17.1. The lowest BCUT2D eigenvalue weighted by molar-refractivity contribution is -0.143. The quantitative estimate of drug-likeness (QED) is 0.676. The van der Waals surface area contributed by atoms with Crippen LogP contribution in [-0.4, -0.2) is 53.6 Å². The van der Waals surface area contributed by atoms with Crippen LogP contribution in [0.3, 0.4) is 0 Å². The number of hydrogen-bond donors (Lipinski definition) is 2. The van der Waals surface area contributed by atoms with E-state index in [1.807, 2.05) is 11.8 Å². The second-order valence-corrected chi connectivity index (χ2v) is 6.25. The van der Waals surface area contributed by atoms with Crippen molar-refractivity contribution in [3.63, 3.8) is 0 Å². The molecule has 0 bridgehead atoms. The molecule has 1 atom stereocenters. The number of aliphatic carboxylic acids is 1. The molecular formula is C14H26N2O3S. The Labute approximate surface area is 125 Å². The summed E-state index contributed by atoms with van der Waals surface area (Å²) in [6.45, 7) is 1.70. The van der Waals surface area contributed by atoms with Crippen LogP contribution in [0.4, 0.5) is 4.79 Å². The molecule has 20 heavy (non-hydrogen) atoms. The van der Waals surface area contributed by atoms with Crippen molar-refractivity contribution in [3.05, 3.63) is 0 Å². The third kappa shape index (κ3) is 6.50. The van der Waals surface area contributed by atoms with Gasteiger partial charge in [0.25, 0.3) is 0 Å². The van der Waals surface area contributed by atoms with Crippen molar-refractivity contribution in [1.29, 1.82) is 0 Å². The van der Waals surface area contributed by atoms with Crippen molar-refractivity contribution in [3.8, 4) is 0 Å². The lowest BCUT2D eigenvalue weighted by atomic mass is 9.99. The SMILES string of the molecule is CSCCCCCCNC(=O)N1CCC[C@@H](C(=O)O)C1. The van der Waals surface area contributed by atoms with Gasteiger partial charge >= 0.3 is 12.0 Å². The molecule has 1 fully saturated rings. The van der Waals surface area contributed by atoms with E-state index in [9.17, 15) is 9.59 Å². The molecule has 6 heteroatoms. The molecule has 5 nitrogen and oxygen atoms in total. The van der Waals surface area contributed by atoms with Crippen LogP contribution in [-0.2, 0) is 4.79 Å². The summed E-state index contributed by atoms with van der Waals surface area (Å²) >= 11 is 1.87. The van der Waals surface area contributed by atoms with E-state index < -0.39 is 11.9 Å². The summed E-state index contributed by atoms with van der Waals surface area (Å²) < 4.78 is 0. The highest BCUT2D eigenvalue weighted by Gasteiger charge is 2.27. The van der Waals surface area contributed by atoms with Gasteiger partial charge in [-0.3, -0.25) is 4.79 Å². The molecule has 0 aliphatic carbocycles. The monoisotopic (exact) mass is 302 g/mol. The van der Waals surface area contributed by atoms with Gasteiger partial charge in [-0.2, -0.15) is 11.8 Å². The number of likely N-dealkylation sites (tertiary alicyclic amines) is 1. The van der Waals surface area contributed by atoms with Crippen molar-refractivity contribution in [2.45, 2.75) is 38.5 Å². The summed E-state index contributed by atoms with van der Waals surface area (Å²) in [4.78, 5) is 24.5. The smallest absolute Gasteiger partial charge is 0.317 e. The van der Waals surface area contributed by atoms with Gasteiger partial charge in [0.15, 0.2) is 0 Å². The molecule has 1 aliphatic heterocycles. The standard InChI is InChI=1S/C14H26N2O3S/c1-20-10-5-3-2-4-8-15-14(19)16-9-6-7-12(11-16)13(17)18/h12H,2-11H2,1H3,(H,15,19)(H,17,18)/t12-/m1/s1. The maximum absolute atomic E-state index is 11.9. The summed E-state index contributed by atoms with van der Waals surface area (Å²) in [6, 6.07) is -0.111. The van der Waals surface area contributed by atoms with E-state index in [-0.39, 0.29) is 6.03 Å². The van der Waals surface area contributed by atoms with Gasteiger partial charge in [-0.15, -0.1) is 0 Å². The van der Waals surface area contributed by atoms with Crippen molar-refractivity contribution >= 4 is 23.8 Å². The zero-order chi connectivity index (χ0) is 14.8. The van der Waals surface area contributed by atoms with Gasteiger partial charge in [-0.05, 0) is 37.7 Å². The van der Waals surface area contributed by atoms with E-state index in [0.29, 0.717) is 26.1 Å². The Morgan fingerprint density at radius 1 is 1.30 bits per heavy atom. The van der Waals surface area contributed by atoms with Gasteiger partial charge in [0.2, 0.25) is 0 Å². The van der Waals surface area contributed by atoms with Gasteiger partial charge in [0.05, 0.1) is 5.92 Å². The Morgan fingerprint density at radius 2 is 2.05 bits per heavy atom. The number of carbonyl (C=O) groups is 2. The maximum Gasteiger partial charge on any atom is 0.317 e. The molecule has 2 N–H and O–H groups in total. The summed E-state index contributed by atoms with van der Waals surface area (Å²) in [5.74, 6) is 0.00816. The molecule has 0 saturated carbocycles. The molecule has 0 aromatic rings. The van der Waals surface area contributed by atoms with Crippen molar-refractivity contribution < 1.29 is 14.7 Å². The minimum atomic E-state index is -0.795. The lowest BCUT2D eigenvalue weighted by Crippen LogP contribution is -2.47. The van der Waals surface area contributed by atoms with Gasteiger partial charge in [-0.1, -0.05) is 12.8 Å². The number of rotatable bonds is 8. The fraction of sp³-hybridized carbons (Fsp3) is 0.857. The Hall–Kier alpha value is -0.910. The molecule has 0 radical (unpaired) electrons. The van der Waals surface area contributed by atoms with Gasteiger partial charge in [-0.25, -0.2) is 4.79 Å². The van der Waals surface area contributed by atoms with Crippen LogP contribution < -0.4 is 5.32 Å². The number of carboxylic acid groups (broad SMARTS) is 1. The predicted molar refractivity (Wildman–Crippen MR) is 82.2 cm³/mol. The predicted octanol–water partition coefficient (Wildman–Crippen LogP) is 2.42. The summed E-state index contributed by atoms with van der Waals surface area (Å²) in [5.41, 5.74) is 0. The van der Waals surface area contributed by atoms with E-state index in [4.69, 9.17) is 5.11 Å². The van der Waals surface area contributed by atoms with Crippen molar-refractivity contribution in [1.82, 2.24) is 10.2 Å². The molecule has 2 amide bonds. The second-order valence-electron chi connectivity index (χ2n) is 5.26. The zero-order valence-electron chi connectivity index (χ0n) is 12.3. The average Bonchev–Trinajstić information content (AvgIpc) is 2.46. The minimum absolute atomic E-state index is 0.111. The second kappa shape index (κ2) is 9.91. The van der Waals surface area contributed by atoms with Crippen LogP contribution in [0.5, 0.6) is 0 Å². The van der Waals surface area contributed by atoms with Gasteiger partial charge in [0.1, 0.15) is 0 Å². The molecule has 1 rings (SSSR count). The zero-order valence-corrected chi connectivity index (χ0v) is 13.1. The fourth-order valence-electron chi connectivity index (χ4n) is 2.40. The molecule has 0 spiro atoms. The molecule has 0 unspecified atom stereocenters. The number of thioether (sulfide) groups is 1. The number of unbranched alkanes of at least 4 members (excludes halogenated alkanes) is 3. The van der Waals surface area contributed by atoms with Crippen LogP contribution >= 0.6 is 11.8 Å². The van der Waals surface area contributed by atoms with Crippen LogP contribution in [0.1, 0.15) is 38.5 Å². The lowest BCUT2D eigenvalue weighted by Gasteiger charge is -2.30. The number of hydrogen-bond acceptors (Lipinski definition) is 3. The Morgan fingerprint density at radius 3 is 2.75 bits per heavy atom. The molecule has 116 valence electrons. The Bertz CT molecular complexity index is 313. The molecule has 1 saturated heterocycles. The molecule has 1 aliphatic rings. The first-order valence-corrected chi connectivity index (χ1v) is 8.79. The van der Waals surface area contributed by atoms with Gasteiger partial charge in [0, 0.05) is 19.6 Å². The van der Waals surface area contributed by atoms with Crippen LogP contribution in [0.15, 0.2) is 0 Å². The van der Waals surface area contributed by atoms with Crippen LogP contribution in [0, 0.1) is 5.92 Å². The Kier molecular flexibility index (Phi) is 8.49. The number of nitrogens with zero attached hydrogens (tertiary/aromatic N) is 1. The van der Waals surface area contributed by atoms with E-state index in [1.54, 1.807) is 4.90 Å². The van der Waals surface area contributed by atoms with Crippen molar-refractivity contribution in [2.24, 2.45) is 5.92 Å². The highest BCUT2D eigenvalue weighted by Crippen LogP contribution is 2.16. The maximum atomic E-state index is 11.9. The molecule has 0 aromatic heterocycles. The molecule has 1 heterocycles. The first-order chi connectivity index (χ1) is 9.65. The van der Waals surface area contributed by atoms with E-state index in [1.165, 1.54) is 18.6 Å². The highest BCUT2D eigenvalue weighted by molar-refractivity contribution is 7.98. The number of carboxylic acids is 1. The first-order valence-electron chi connectivity index (χ1n) is 7.39. The van der Waals surface area contributed by atoms with Crippen LogP contribution in [0.2, 0.25) is 0 Å². The number of amides is 2. The minimum Gasteiger partial charge on any atom is -0.481 e. The van der Waals surface area contributed by atoms with Crippen LogP contribution in [0.25, 0.3) is 0 Å². The highest BCUT2D eigenvalue weighted by atomic mass is 32.2.